The predicted octanol–water partition coefficient (Wildman–Crippen LogP) is 5.98. The van der Waals surface area contributed by atoms with Gasteiger partial charge in [-0.05, 0) is 38.6 Å². The van der Waals surface area contributed by atoms with E-state index in [1.54, 1.807) is 0 Å². The molecule has 0 atom stereocenters. The number of nitrogens with two attached hydrogens (primary N) is 1. The summed E-state index contributed by atoms with van der Waals surface area (Å²) >= 11 is 0. The molecule has 0 fully saturated rings. The van der Waals surface area contributed by atoms with Crippen LogP contribution in [0.15, 0.2) is 12.2 Å². The quantitative estimate of drug-likeness (QED) is 0.224. The molecule has 0 amide bonds. The second kappa shape index (κ2) is 21.5. The van der Waals surface area contributed by atoms with Crippen LogP contribution in [0.5, 0.6) is 0 Å². The number of rotatable bonds is 15. The Bertz CT molecular complexity index is 180. The minimum Gasteiger partial charge on any atom is -0.330 e. The van der Waals surface area contributed by atoms with Crippen molar-refractivity contribution in [3.8, 4) is 0 Å². The average Bonchev–Trinajstić information content (AvgIpc) is 2.43. The Hall–Kier alpha value is 0.219. The first-order valence-electron chi connectivity index (χ1n) is 8.77. The predicted molar refractivity (Wildman–Crippen MR) is 88.5 cm³/mol. The van der Waals surface area contributed by atoms with Crippen LogP contribution in [-0.2, 0) is 17.1 Å². The minimum absolute atomic E-state index is 0. The topological polar surface area (TPSA) is 26.0 Å². The number of hydrogen-bond acceptors (Lipinski definition) is 1. The second-order valence-corrected chi connectivity index (χ2v) is 5.73. The number of unbranched alkanes of at least 4 members (excludes halogenated alkanes) is 12. The summed E-state index contributed by atoms with van der Waals surface area (Å²) < 4.78 is 0. The molecule has 0 aliphatic rings. The minimum atomic E-state index is 0. The van der Waals surface area contributed by atoms with Crippen molar-refractivity contribution in [2.45, 2.75) is 96.8 Å². The van der Waals surface area contributed by atoms with Gasteiger partial charge in [-0.15, -0.1) is 0 Å². The van der Waals surface area contributed by atoms with E-state index in [0.717, 1.165) is 6.54 Å². The van der Waals surface area contributed by atoms with Gasteiger partial charge in [-0.25, -0.2) is 0 Å². The Balaban J connectivity index is 0. The summed E-state index contributed by atoms with van der Waals surface area (Å²) in [6.45, 7) is 3.14. The van der Waals surface area contributed by atoms with Crippen molar-refractivity contribution < 1.29 is 17.1 Å². The van der Waals surface area contributed by atoms with Crippen LogP contribution in [0.4, 0.5) is 0 Å². The first-order chi connectivity index (χ1) is 9.41. The van der Waals surface area contributed by atoms with Crippen LogP contribution >= 0.6 is 0 Å². The van der Waals surface area contributed by atoms with E-state index < -0.39 is 0 Å². The summed E-state index contributed by atoms with van der Waals surface area (Å²) in [5, 5.41) is 0. The Kier molecular flexibility index (Phi) is 24.2. The molecular weight excluding hydrogens is 285 g/mol. The van der Waals surface area contributed by atoms with Crippen LogP contribution in [0, 0.1) is 0 Å². The smallest absolute Gasteiger partial charge is 0 e. The van der Waals surface area contributed by atoms with Crippen molar-refractivity contribution >= 4 is 0 Å². The molecular formula is C18H37MnN. The molecule has 0 aromatic carbocycles. The van der Waals surface area contributed by atoms with Gasteiger partial charge in [0, 0.05) is 17.1 Å². The van der Waals surface area contributed by atoms with Gasteiger partial charge in [0.05, 0.1) is 0 Å². The van der Waals surface area contributed by atoms with Gasteiger partial charge in [-0.2, -0.15) is 0 Å². The van der Waals surface area contributed by atoms with E-state index in [4.69, 9.17) is 5.73 Å². The van der Waals surface area contributed by atoms with Crippen LogP contribution in [-0.4, -0.2) is 6.54 Å². The molecule has 0 aliphatic carbocycles. The van der Waals surface area contributed by atoms with Crippen LogP contribution in [0.1, 0.15) is 96.8 Å². The molecule has 1 radical (unpaired) electrons. The monoisotopic (exact) mass is 322 g/mol. The molecule has 0 aliphatic heterocycles. The Morgan fingerprint density at radius 3 is 1.45 bits per heavy atom. The number of allylic oxidation sites excluding steroid dienone is 2. The molecule has 2 heteroatoms. The van der Waals surface area contributed by atoms with Crippen molar-refractivity contribution in [1.82, 2.24) is 0 Å². The van der Waals surface area contributed by atoms with Gasteiger partial charge in [0.15, 0.2) is 0 Å². The average molecular weight is 322 g/mol. The van der Waals surface area contributed by atoms with E-state index in [-0.39, 0.29) is 17.1 Å². The zero-order valence-corrected chi connectivity index (χ0v) is 14.9. The molecule has 0 saturated carbocycles. The summed E-state index contributed by atoms with van der Waals surface area (Å²) in [5.74, 6) is 0. The Morgan fingerprint density at radius 1 is 0.600 bits per heavy atom. The van der Waals surface area contributed by atoms with Gasteiger partial charge >= 0.3 is 0 Å². The molecule has 0 saturated heterocycles. The molecule has 2 N–H and O–H groups in total. The van der Waals surface area contributed by atoms with E-state index in [9.17, 15) is 0 Å². The molecule has 121 valence electrons. The SMILES string of the molecule is CCCCCCCCC=CCCCCCCCCN.[Mn]. The molecule has 0 bridgehead atoms. The van der Waals surface area contributed by atoms with Gasteiger partial charge in [0.2, 0.25) is 0 Å². The summed E-state index contributed by atoms with van der Waals surface area (Å²) in [6, 6.07) is 0. The third-order valence-corrected chi connectivity index (χ3v) is 3.72. The fourth-order valence-corrected chi connectivity index (χ4v) is 2.39. The molecule has 20 heavy (non-hydrogen) atoms. The largest absolute Gasteiger partial charge is 0.330 e. The summed E-state index contributed by atoms with van der Waals surface area (Å²) in [5.41, 5.74) is 5.47. The Morgan fingerprint density at radius 2 is 1.00 bits per heavy atom. The van der Waals surface area contributed by atoms with Crippen molar-refractivity contribution in [3.05, 3.63) is 12.2 Å². The fourth-order valence-electron chi connectivity index (χ4n) is 2.39. The summed E-state index contributed by atoms with van der Waals surface area (Å²) in [7, 11) is 0. The van der Waals surface area contributed by atoms with Gasteiger partial charge < -0.3 is 5.73 Å². The van der Waals surface area contributed by atoms with E-state index in [1.807, 2.05) is 0 Å². The van der Waals surface area contributed by atoms with E-state index in [2.05, 4.69) is 19.1 Å². The number of hydrogen-bond donors (Lipinski definition) is 1. The molecule has 0 aromatic rings. The molecule has 0 rings (SSSR count). The van der Waals surface area contributed by atoms with E-state index in [1.165, 1.54) is 89.9 Å². The second-order valence-electron chi connectivity index (χ2n) is 5.73. The maximum absolute atomic E-state index is 5.47. The maximum Gasteiger partial charge on any atom is 0 e. The third kappa shape index (κ3) is 20.5. The zero-order valence-electron chi connectivity index (χ0n) is 13.7. The van der Waals surface area contributed by atoms with Crippen molar-refractivity contribution in [3.63, 3.8) is 0 Å². The zero-order chi connectivity index (χ0) is 14.0. The fraction of sp³-hybridized carbons (Fsp3) is 0.889. The third-order valence-electron chi connectivity index (χ3n) is 3.72. The normalized spacial score (nSPS) is 10.9. The summed E-state index contributed by atoms with van der Waals surface area (Å²) in [6.07, 6.45) is 23.9. The maximum atomic E-state index is 5.47. The van der Waals surface area contributed by atoms with Crippen LogP contribution in [0.3, 0.4) is 0 Å². The van der Waals surface area contributed by atoms with Gasteiger partial charge in [-0.3, -0.25) is 0 Å². The van der Waals surface area contributed by atoms with Gasteiger partial charge in [0.1, 0.15) is 0 Å². The Labute approximate surface area is 138 Å². The summed E-state index contributed by atoms with van der Waals surface area (Å²) in [4.78, 5) is 0. The molecule has 0 heterocycles. The molecule has 0 aromatic heterocycles. The van der Waals surface area contributed by atoms with E-state index in [0.29, 0.717) is 0 Å². The van der Waals surface area contributed by atoms with E-state index >= 15 is 0 Å². The standard InChI is InChI=1S/C18H37N.Mn/c1-2-3-4-5-6-7-8-9-10-11-12-13-14-15-16-17-18-19;/h9-10H,2-8,11-19H2,1H3;. The van der Waals surface area contributed by atoms with Crippen LogP contribution in [0.2, 0.25) is 0 Å². The van der Waals surface area contributed by atoms with Crippen LogP contribution in [0.25, 0.3) is 0 Å². The molecule has 0 unspecified atom stereocenters. The molecule has 1 nitrogen and oxygen atoms in total. The van der Waals surface area contributed by atoms with Crippen molar-refractivity contribution in [2.24, 2.45) is 5.73 Å². The van der Waals surface area contributed by atoms with Gasteiger partial charge in [0.25, 0.3) is 0 Å². The first kappa shape index (κ1) is 22.5. The first-order valence-corrected chi connectivity index (χ1v) is 8.77. The molecule has 0 spiro atoms. The van der Waals surface area contributed by atoms with Crippen LogP contribution < -0.4 is 5.73 Å². The van der Waals surface area contributed by atoms with Crippen molar-refractivity contribution in [2.75, 3.05) is 6.54 Å². The van der Waals surface area contributed by atoms with Gasteiger partial charge in [-0.1, -0.05) is 76.9 Å². The van der Waals surface area contributed by atoms with Crippen molar-refractivity contribution in [1.29, 1.82) is 0 Å².